The highest BCUT2D eigenvalue weighted by atomic mass is 32.1. The Labute approximate surface area is 182 Å². The van der Waals surface area contributed by atoms with Crippen LogP contribution in [0.4, 0.5) is 5.13 Å². The molecule has 1 atom stereocenters. The van der Waals surface area contributed by atoms with Gasteiger partial charge in [-0.1, -0.05) is 12.1 Å². The van der Waals surface area contributed by atoms with Crippen molar-refractivity contribution in [2.75, 3.05) is 12.4 Å². The third-order valence-corrected chi connectivity index (χ3v) is 5.69. The van der Waals surface area contributed by atoms with Crippen LogP contribution in [0.5, 0.6) is 0 Å². The summed E-state index contributed by atoms with van der Waals surface area (Å²) in [7, 11) is 1.77. The number of anilines is 1. The summed E-state index contributed by atoms with van der Waals surface area (Å²) in [4.78, 5) is 34.8. The van der Waals surface area contributed by atoms with E-state index in [1.54, 1.807) is 40.5 Å². The number of aromatic nitrogens is 4. The molecule has 0 aliphatic carbocycles. The Morgan fingerprint density at radius 3 is 2.74 bits per heavy atom. The van der Waals surface area contributed by atoms with Crippen LogP contribution in [0.25, 0.3) is 5.69 Å². The smallest absolute Gasteiger partial charge is 0.293 e. The lowest BCUT2D eigenvalue weighted by atomic mass is 10.1. The third-order valence-electron chi connectivity index (χ3n) is 4.88. The topological polar surface area (TPSA) is 106 Å². The fourth-order valence-electron chi connectivity index (χ4n) is 2.98. The first kappa shape index (κ1) is 20.5. The monoisotopic (exact) mass is 436 g/mol. The zero-order chi connectivity index (χ0) is 21.8. The molecule has 2 amide bonds. The van der Waals surface area contributed by atoms with Gasteiger partial charge in [0.1, 0.15) is 12.7 Å². The lowest BCUT2D eigenvalue weighted by molar-refractivity contribution is -0.131. The van der Waals surface area contributed by atoms with Gasteiger partial charge in [-0.15, -0.1) is 11.3 Å². The maximum atomic E-state index is 12.8. The van der Waals surface area contributed by atoms with Crippen LogP contribution in [-0.2, 0) is 11.2 Å². The van der Waals surface area contributed by atoms with Gasteiger partial charge in [-0.2, -0.15) is 5.10 Å². The average molecular weight is 436 g/mol. The van der Waals surface area contributed by atoms with Crippen molar-refractivity contribution in [1.82, 2.24) is 24.6 Å². The molecule has 3 aromatic heterocycles. The van der Waals surface area contributed by atoms with Gasteiger partial charge < -0.3 is 9.32 Å². The van der Waals surface area contributed by atoms with E-state index in [0.717, 1.165) is 11.3 Å². The number of thiazole rings is 1. The maximum absolute atomic E-state index is 12.8. The van der Waals surface area contributed by atoms with Crippen molar-refractivity contribution < 1.29 is 14.0 Å². The lowest BCUT2D eigenvalue weighted by Crippen LogP contribution is -2.31. The predicted molar refractivity (Wildman–Crippen MR) is 115 cm³/mol. The standard InChI is InChI=1S/C21H20N6O3S/c1-14(15-5-7-17(8-6-15)27-13-22-12-23-27)26(2)19(28)10-16-11-31-21(24-16)25-20(29)18-4-3-9-30-18/h3-9,11-14H,10H2,1-2H3,(H,24,25,29). The molecular weight excluding hydrogens is 416 g/mol. The minimum absolute atomic E-state index is 0.0675. The van der Waals surface area contributed by atoms with E-state index in [0.29, 0.717) is 10.8 Å². The van der Waals surface area contributed by atoms with Gasteiger partial charge in [0.05, 0.1) is 30.1 Å². The Bertz CT molecular complexity index is 1150. The van der Waals surface area contributed by atoms with Crippen LogP contribution in [0, 0.1) is 0 Å². The summed E-state index contributed by atoms with van der Waals surface area (Å²) < 4.78 is 6.74. The average Bonchev–Trinajstić information content (AvgIpc) is 3.55. The third kappa shape index (κ3) is 4.69. The number of rotatable bonds is 7. The number of carbonyl (C=O) groups excluding carboxylic acids is 2. The highest BCUT2D eigenvalue weighted by molar-refractivity contribution is 7.14. The van der Waals surface area contributed by atoms with Gasteiger partial charge in [-0.05, 0) is 36.8 Å². The lowest BCUT2D eigenvalue weighted by Gasteiger charge is -2.25. The van der Waals surface area contributed by atoms with Crippen LogP contribution in [0.1, 0.15) is 34.8 Å². The number of hydrogen-bond acceptors (Lipinski definition) is 7. The van der Waals surface area contributed by atoms with E-state index >= 15 is 0 Å². The molecule has 1 unspecified atom stereocenters. The van der Waals surface area contributed by atoms with Gasteiger partial charge in [-0.25, -0.2) is 14.6 Å². The normalized spacial score (nSPS) is 11.8. The first-order chi connectivity index (χ1) is 15.0. The predicted octanol–water partition coefficient (Wildman–Crippen LogP) is 3.33. The van der Waals surface area contributed by atoms with Crippen LogP contribution in [0.15, 0.2) is 65.1 Å². The van der Waals surface area contributed by atoms with Crippen molar-refractivity contribution in [1.29, 1.82) is 0 Å². The molecule has 1 aromatic carbocycles. The van der Waals surface area contributed by atoms with E-state index in [4.69, 9.17) is 4.42 Å². The zero-order valence-corrected chi connectivity index (χ0v) is 17.7. The minimum Gasteiger partial charge on any atom is -0.459 e. The molecule has 0 bridgehead atoms. The van der Waals surface area contributed by atoms with Crippen LogP contribution in [0.3, 0.4) is 0 Å². The number of likely N-dealkylation sites (N-methyl/N-ethyl adjacent to an activating group) is 1. The number of amides is 2. The van der Waals surface area contributed by atoms with Gasteiger partial charge in [0.15, 0.2) is 10.9 Å². The molecule has 31 heavy (non-hydrogen) atoms. The van der Waals surface area contributed by atoms with Gasteiger partial charge in [-0.3, -0.25) is 14.9 Å². The highest BCUT2D eigenvalue weighted by Crippen LogP contribution is 2.22. The fraction of sp³-hybridized carbons (Fsp3) is 0.190. The second-order valence-corrected chi connectivity index (χ2v) is 7.72. The summed E-state index contributed by atoms with van der Waals surface area (Å²) in [5, 5.41) is 8.96. The first-order valence-corrected chi connectivity index (χ1v) is 10.4. The van der Waals surface area contributed by atoms with Crippen LogP contribution < -0.4 is 5.32 Å². The molecule has 1 N–H and O–H groups in total. The summed E-state index contributed by atoms with van der Waals surface area (Å²) in [5.41, 5.74) is 2.50. The maximum Gasteiger partial charge on any atom is 0.293 e. The van der Waals surface area contributed by atoms with Crippen molar-refractivity contribution in [2.45, 2.75) is 19.4 Å². The second-order valence-electron chi connectivity index (χ2n) is 6.86. The number of nitrogens with one attached hydrogen (secondary N) is 1. The highest BCUT2D eigenvalue weighted by Gasteiger charge is 2.19. The summed E-state index contributed by atoms with van der Waals surface area (Å²) >= 11 is 1.27. The van der Waals surface area contributed by atoms with Crippen molar-refractivity contribution in [2.24, 2.45) is 0 Å². The Morgan fingerprint density at radius 2 is 2.06 bits per heavy atom. The summed E-state index contributed by atoms with van der Waals surface area (Å²) in [5.74, 6) is -0.240. The molecule has 4 aromatic rings. The number of carbonyl (C=O) groups is 2. The van der Waals surface area contributed by atoms with Crippen LogP contribution in [0.2, 0.25) is 0 Å². The molecular formula is C21H20N6O3S. The Hall–Kier alpha value is -3.79. The molecule has 3 heterocycles. The molecule has 10 heteroatoms. The molecule has 9 nitrogen and oxygen atoms in total. The zero-order valence-electron chi connectivity index (χ0n) is 16.9. The van der Waals surface area contributed by atoms with Crippen molar-refractivity contribution >= 4 is 28.3 Å². The van der Waals surface area contributed by atoms with Gasteiger partial charge >= 0.3 is 0 Å². The Balaban J connectivity index is 1.36. The van der Waals surface area contributed by atoms with Crippen molar-refractivity contribution in [3.63, 3.8) is 0 Å². The Kier molecular flexibility index (Phi) is 5.89. The second kappa shape index (κ2) is 8.92. The number of furan rings is 1. The minimum atomic E-state index is -0.377. The van der Waals surface area contributed by atoms with Crippen molar-refractivity contribution in [3.05, 3.63) is 77.7 Å². The van der Waals surface area contributed by atoms with E-state index < -0.39 is 0 Å². The van der Waals surface area contributed by atoms with Gasteiger partial charge in [0, 0.05) is 12.4 Å². The summed E-state index contributed by atoms with van der Waals surface area (Å²) in [6, 6.07) is 10.9. The molecule has 0 aliphatic rings. The van der Waals surface area contributed by atoms with E-state index in [9.17, 15) is 9.59 Å². The number of benzene rings is 1. The molecule has 0 saturated carbocycles. The number of hydrogen-bond donors (Lipinski definition) is 1. The molecule has 158 valence electrons. The SMILES string of the molecule is CC(c1ccc(-n2cncn2)cc1)N(C)C(=O)Cc1csc(NC(=O)c2ccco2)n1. The summed E-state index contributed by atoms with van der Waals surface area (Å²) in [6.45, 7) is 1.97. The summed E-state index contributed by atoms with van der Waals surface area (Å²) in [6.07, 6.45) is 4.69. The quantitative estimate of drug-likeness (QED) is 0.476. The van der Waals surface area contributed by atoms with Gasteiger partial charge in [0.2, 0.25) is 5.91 Å². The number of nitrogens with zero attached hydrogens (tertiary/aromatic N) is 5. The van der Waals surface area contributed by atoms with Gasteiger partial charge in [0.25, 0.3) is 5.91 Å². The van der Waals surface area contributed by atoms with Crippen LogP contribution in [-0.4, -0.2) is 43.5 Å². The van der Waals surface area contributed by atoms with E-state index in [2.05, 4.69) is 20.4 Å². The molecule has 4 rings (SSSR count). The van der Waals surface area contributed by atoms with E-state index in [-0.39, 0.29) is 30.0 Å². The largest absolute Gasteiger partial charge is 0.459 e. The van der Waals surface area contributed by atoms with E-state index in [1.165, 1.54) is 23.9 Å². The molecule has 0 aliphatic heterocycles. The Morgan fingerprint density at radius 1 is 1.26 bits per heavy atom. The molecule has 0 radical (unpaired) electrons. The van der Waals surface area contributed by atoms with Crippen molar-refractivity contribution in [3.8, 4) is 5.69 Å². The molecule has 0 fully saturated rings. The molecule has 0 saturated heterocycles. The first-order valence-electron chi connectivity index (χ1n) is 9.51. The van der Waals surface area contributed by atoms with E-state index in [1.807, 2.05) is 31.2 Å². The molecule has 0 spiro atoms. The van der Waals surface area contributed by atoms with Crippen LogP contribution >= 0.6 is 11.3 Å². The fourth-order valence-corrected chi connectivity index (χ4v) is 3.68.